The van der Waals surface area contributed by atoms with E-state index in [1.54, 1.807) is 36.9 Å². The fraction of sp³-hybridized carbons (Fsp3) is 0.273. The van der Waals surface area contributed by atoms with Gasteiger partial charge < -0.3 is 14.2 Å². The lowest BCUT2D eigenvalue weighted by Crippen LogP contribution is -2.31. The standard InChI is InChI=1S/C22H21NO6/c1-27-17-9-3-6-15(12-17)7-5-11-29-18-10-4-8-16(13-18)22(21(25)28-2)14-19(22)20(24)23-26/h3-4,6,8-10,12-13,19,26H,11,14H2,1-2H3,(H,23,24). The first kappa shape index (κ1) is 20.2. The van der Waals surface area contributed by atoms with Gasteiger partial charge in [-0.15, -0.1) is 0 Å². The molecular formula is C22H21NO6. The van der Waals surface area contributed by atoms with Crippen molar-refractivity contribution < 1.29 is 29.0 Å². The second-order valence-electron chi connectivity index (χ2n) is 6.55. The van der Waals surface area contributed by atoms with Gasteiger partial charge >= 0.3 is 5.97 Å². The lowest BCUT2D eigenvalue weighted by molar-refractivity contribution is -0.146. The molecule has 2 aromatic carbocycles. The van der Waals surface area contributed by atoms with E-state index in [9.17, 15) is 9.59 Å². The normalized spacial score (nSPS) is 19.3. The van der Waals surface area contributed by atoms with Crippen LogP contribution < -0.4 is 15.0 Å². The summed E-state index contributed by atoms with van der Waals surface area (Å²) in [6.45, 7) is 0.145. The number of nitrogens with one attached hydrogen (secondary N) is 1. The van der Waals surface area contributed by atoms with Crippen LogP contribution in [0.4, 0.5) is 0 Å². The molecule has 0 saturated heterocycles. The van der Waals surface area contributed by atoms with Crippen LogP contribution in [0.2, 0.25) is 0 Å². The first-order valence-corrected chi connectivity index (χ1v) is 8.93. The molecule has 0 aliphatic heterocycles. The fourth-order valence-electron chi connectivity index (χ4n) is 3.32. The Morgan fingerprint density at radius 3 is 2.66 bits per heavy atom. The van der Waals surface area contributed by atoms with Gasteiger partial charge in [0.2, 0.25) is 5.91 Å². The van der Waals surface area contributed by atoms with Crippen LogP contribution in [0.15, 0.2) is 48.5 Å². The number of esters is 1. The highest BCUT2D eigenvalue weighted by Gasteiger charge is 2.65. The maximum atomic E-state index is 12.4. The zero-order valence-corrected chi connectivity index (χ0v) is 16.1. The molecule has 3 rings (SSSR count). The smallest absolute Gasteiger partial charge is 0.317 e. The minimum absolute atomic E-state index is 0.145. The Bertz CT molecular complexity index is 977. The summed E-state index contributed by atoms with van der Waals surface area (Å²) in [6, 6.07) is 14.3. The monoisotopic (exact) mass is 395 g/mol. The van der Waals surface area contributed by atoms with Crippen LogP contribution in [0.5, 0.6) is 11.5 Å². The summed E-state index contributed by atoms with van der Waals surface area (Å²) < 4.78 is 15.7. The highest BCUT2D eigenvalue weighted by Crippen LogP contribution is 2.55. The van der Waals surface area contributed by atoms with E-state index in [4.69, 9.17) is 19.4 Å². The van der Waals surface area contributed by atoms with E-state index in [0.717, 1.165) is 11.3 Å². The van der Waals surface area contributed by atoms with Crippen LogP contribution in [0.3, 0.4) is 0 Å². The molecule has 2 unspecified atom stereocenters. The number of hydroxylamine groups is 1. The molecule has 1 saturated carbocycles. The molecule has 150 valence electrons. The third-order valence-corrected chi connectivity index (χ3v) is 4.90. The molecule has 0 spiro atoms. The maximum Gasteiger partial charge on any atom is 0.317 e. The van der Waals surface area contributed by atoms with Crippen LogP contribution in [0.1, 0.15) is 17.5 Å². The quantitative estimate of drug-likeness (QED) is 0.337. The van der Waals surface area contributed by atoms with Gasteiger partial charge in [-0.25, -0.2) is 5.48 Å². The Labute approximate surface area is 168 Å². The summed E-state index contributed by atoms with van der Waals surface area (Å²) >= 11 is 0. The summed E-state index contributed by atoms with van der Waals surface area (Å²) in [6.07, 6.45) is 0.255. The lowest BCUT2D eigenvalue weighted by Gasteiger charge is -2.16. The molecule has 1 fully saturated rings. The van der Waals surface area contributed by atoms with Crippen molar-refractivity contribution in [1.29, 1.82) is 0 Å². The van der Waals surface area contributed by atoms with Crippen LogP contribution in [-0.2, 0) is 19.7 Å². The van der Waals surface area contributed by atoms with Gasteiger partial charge in [-0.3, -0.25) is 14.8 Å². The molecule has 1 aliphatic carbocycles. The molecule has 29 heavy (non-hydrogen) atoms. The molecule has 7 heteroatoms. The largest absolute Gasteiger partial charge is 0.497 e. The fourth-order valence-corrected chi connectivity index (χ4v) is 3.32. The molecule has 2 N–H and O–H groups in total. The number of hydrogen-bond donors (Lipinski definition) is 2. The number of benzene rings is 2. The van der Waals surface area contributed by atoms with E-state index < -0.39 is 23.2 Å². The molecule has 7 nitrogen and oxygen atoms in total. The molecule has 0 aromatic heterocycles. The minimum atomic E-state index is -1.12. The first-order valence-electron chi connectivity index (χ1n) is 8.93. The SMILES string of the molecule is COC(=O)C1(c2cccc(OCC#Cc3cccc(OC)c3)c2)CC1C(=O)NO. The first-order chi connectivity index (χ1) is 14.0. The van der Waals surface area contributed by atoms with Crippen molar-refractivity contribution in [2.24, 2.45) is 5.92 Å². The third-order valence-electron chi connectivity index (χ3n) is 4.90. The van der Waals surface area contributed by atoms with Gasteiger partial charge in [-0.05, 0) is 42.3 Å². The van der Waals surface area contributed by atoms with Gasteiger partial charge in [0.05, 0.1) is 20.1 Å². The second kappa shape index (κ2) is 8.67. The van der Waals surface area contributed by atoms with E-state index in [0.29, 0.717) is 11.3 Å². The van der Waals surface area contributed by atoms with E-state index >= 15 is 0 Å². The number of amides is 1. The topological polar surface area (TPSA) is 94.1 Å². The number of carbonyl (C=O) groups is 2. The number of hydrogen-bond acceptors (Lipinski definition) is 6. The molecule has 2 atom stereocenters. The number of ether oxygens (including phenoxy) is 3. The molecule has 1 aliphatic rings. The summed E-state index contributed by atoms with van der Waals surface area (Å²) in [5, 5.41) is 8.90. The van der Waals surface area contributed by atoms with Crippen LogP contribution in [-0.4, -0.2) is 37.9 Å². The average molecular weight is 395 g/mol. The van der Waals surface area contributed by atoms with Crippen LogP contribution >= 0.6 is 0 Å². The Morgan fingerprint density at radius 1 is 1.17 bits per heavy atom. The molecular weight excluding hydrogens is 374 g/mol. The van der Waals surface area contributed by atoms with E-state index in [2.05, 4.69) is 11.8 Å². The highest BCUT2D eigenvalue weighted by molar-refractivity contribution is 5.97. The second-order valence-corrected chi connectivity index (χ2v) is 6.55. The van der Waals surface area contributed by atoms with Crippen molar-refractivity contribution in [3.63, 3.8) is 0 Å². The molecule has 1 amide bonds. The van der Waals surface area contributed by atoms with Crippen LogP contribution in [0, 0.1) is 17.8 Å². The third kappa shape index (κ3) is 4.18. The van der Waals surface area contributed by atoms with Crippen molar-refractivity contribution >= 4 is 11.9 Å². The highest BCUT2D eigenvalue weighted by atomic mass is 16.5. The van der Waals surface area contributed by atoms with Gasteiger partial charge in [-0.2, -0.15) is 0 Å². The summed E-state index contributed by atoms with van der Waals surface area (Å²) in [5.74, 6) is 5.33. The number of methoxy groups -OCH3 is 2. The molecule has 0 bridgehead atoms. The Hall–Kier alpha value is -3.50. The van der Waals surface area contributed by atoms with Gasteiger partial charge in [0.1, 0.15) is 23.5 Å². The summed E-state index contributed by atoms with van der Waals surface area (Å²) in [7, 11) is 2.86. The zero-order chi connectivity index (χ0) is 20.9. The Morgan fingerprint density at radius 2 is 1.93 bits per heavy atom. The van der Waals surface area contributed by atoms with Crippen LogP contribution in [0.25, 0.3) is 0 Å². The van der Waals surface area contributed by atoms with E-state index in [1.807, 2.05) is 24.3 Å². The van der Waals surface area contributed by atoms with Crippen molar-refractivity contribution in [3.05, 3.63) is 59.7 Å². The maximum absolute atomic E-state index is 12.4. The molecule has 2 aromatic rings. The van der Waals surface area contributed by atoms with Gasteiger partial charge in [0.15, 0.2) is 0 Å². The van der Waals surface area contributed by atoms with Gasteiger partial charge in [0, 0.05) is 5.56 Å². The van der Waals surface area contributed by atoms with Crippen molar-refractivity contribution in [1.82, 2.24) is 5.48 Å². The van der Waals surface area contributed by atoms with Gasteiger partial charge in [0.25, 0.3) is 0 Å². The van der Waals surface area contributed by atoms with Crippen molar-refractivity contribution in [2.45, 2.75) is 11.8 Å². The lowest BCUT2D eigenvalue weighted by atomic mass is 9.92. The number of carbonyl (C=O) groups excluding carboxylic acids is 2. The summed E-state index contributed by atoms with van der Waals surface area (Å²) in [5.41, 5.74) is 1.89. The van der Waals surface area contributed by atoms with Crippen molar-refractivity contribution in [2.75, 3.05) is 20.8 Å². The average Bonchev–Trinajstić information content (AvgIpc) is 3.53. The number of rotatable bonds is 6. The minimum Gasteiger partial charge on any atom is -0.497 e. The predicted octanol–water partition coefficient (Wildman–Crippen LogP) is 2.06. The Balaban J connectivity index is 1.72. The zero-order valence-electron chi connectivity index (χ0n) is 16.1. The molecule has 0 heterocycles. The molecule has 0 radical (unpaired) electrons. The van der Waals surface area contributed by atoms with E-state index in [1.165, 1.54) is 7.11 Å². The van der Waals surface area contributed by atoms with Gasteiger partial charge in [-0.1, -0.05) is 30.0 Å². The van der Waals surface area contributed by atoms with Crippen molar-refractivity contribution in [3.8, 4) is 23.3 Å². The van der Waals surface area contributed by atoms with E-state index in [-0.39, 0.29) is 13.0 Å². The predicted molar refractivity (Wildman–Crippen MR) is 104 cm³/mol. The summed E-state index contributed by atoms with van der Waals surface area (Å²) in [4.78, 5) is 24.2. The Kier molecular flexibility index (Phi) is 6.05.